The number of para-hydroxylation sites is 1. The fourth-order valence-corrected chi connectivity index (χ4v) is 3.27. The standard InChI is InChI=1S/C17H25N3/c1-5-17(6-2,20(3)4)16(18)14-11-7-9-13-10-8-12-19-15(13)14/h7-12,16H,5-6,18H2,1-4H3. The molecule has 0 aliphatic rings. The Bertz CT molecular complexity index is 568. The van der Waals surface area contributed by atoms with Crippen LogP contribution < -0.4 is 5.73 Å². The Morgan fingerprint density at radius 2 is 1.80 bits per heavy atom. The number of nitrogens with two attached hydrogens (primary N) is 1. The van der Waals surface area contributed by atoms with Crippen molar-refractivity contribution < 1.29 is 0 Å². The summed E-state index contributed by atoms with van der Waals surface area (Å²) in [6.07, 6.45) is 3.87. The summed E-state index contributed by atoms with van der Waals surface area (Å²) >= 11 is 0. The van der Waals surface area contributed by atoms with Crippen molar-refractivity contribution in [2.24, 2.45) is 5.73 Å². The van der Waals surface area contributed by atoms with E-state index in [-0.39, 0.29) is 11.6 Å². The van der Waals surface area contributed by atoms with Gasteiger partial charge in [0.2, 0.25) is 0 Å². The molecule has 2 rings (SSSR count). The van der Waals surface area contributed by atoms with Crippen molar-refractivity contribution in [2.45, 2.75) is 38.3 Å². The van der Waals surface area contributed by atoms with Crippen LogP contribution in [0.25, 0.3) is 10.9 Å². The van der Waals surface area contributed by atoms with E-state index in [0.717, 1.165) is 29.3 Å². The Balaban J connectivity index is 2.57. The van der Waals surface area contributed by atoms with E-state index in [9.17, 15) is 0 Å². The molecule has 0 radical (unpaired) electrons. The summed E-state index contributed by atoms with van der Waals surface area (Å²) in [6.45, 7) is 4.42. The van der Waals surface area contributed by atoms with Crippen LogP contribution in [0.15, 0.2) is 36.5 Å². The quantitative estimate of drug-likeness (QED) is 0.906. The average Bonchev–Trinajstić information content (AvgIpc) is 2.48. The maximum atomic E-state index is 6.68. The Morgan fingerprint density at radius 3 is 2.40 bits per heavy atom. The van der Waals surface area contributed by atoms with Crippen molar-refractivity contribution in [3.8, 4) is 0 Å². The molecule has 3 heteroatoms. The fraction of sp³-hybridized carbons (Fsp3) is 0.471. The van der Waals surface area contributed by atoms with Crippen molar-refractivity contribution in [1.82, 2.24) is 9.88 Å². The second-order valence-corrected chi connectivity index (χ2v) is 5.61. The van der Waals surface area contributed by atoms with Gasteiger partial charge in [0, 0.05) is 17.1 Å². The normalized spacial score (nSPS) is 13.9. The Labute approximate surface area is 121 Å². The van der Waals surface area contributed by atoms with Gasteiger partial charge in [0.05, 0.1) is 11.6 Å². The molecule has 2 N–H and O–H groups in total. The molecule has 0 saturated carbocycles. The maximum Gasteiger partial charge on any atom is 0.0750 e. The van der Waals surface area contributed by atoms with Crippen LogP contribution in [0.3, 0.4) is 0 Å². The minimum atomic E-state index is -0.0499. The van der Waals surface area contributed by atoms with Gasteiger partial charge in [-0.05, 0) is 38.6 Å². The van der Waals surface area contributed by atoms with Gasteiger partial charge in [-0.1, -0.05) is 38.1 Å². The van der Waals surface area contributed by atoms with E-state index in [0.29, 0.717) is 0 Å². The van der Waals surface area contributed by atoms with E-state index in [1.807, 2.05) is 12.3 Å². The van der Waals surface area contributed by atoms with Gasteiger partial charge in [-0.3, -0.25) is 4.98 Å². The van der Waals surface area contributed by atoms with Gasteiger partial charge in [-0.2, -0.15) is 0 Å². The van der Waals surface area contributed by atoms with Crippen LogP contribution in [0.4, 0.5) is 0 Å². The predicted molar refractivity (Wildman–Crippen MR) is 85.7 cm³/mol. The SMILES string of the molecule is CCC(CC)(C(N)c1cccc2cccnc12)N(C)C. The van der Waals surface area contributed by atoms with Crippen LogP contribution in [0.5, 0.6) is 0 Å². The highest BCUT2D eigenvalue weighted by molar-refractivity contribution is 5.82. The summed E-state index contributed by atoms with van der Waals surface area (Å²) in [5, 5.41) is 1.15. The van der Waals surface area contributed by atoms with E-state index >= 15 is 0 Å². The first-order chi connectivity index (χ1) is 9.56. The van der Waals surface area contributed by atoms with Crippen molar-refractivity contribution >= 4 is 10.9 Å². The molecule has 1 unspecified atom stereocenters. The van der Waals surface area contributed by atoms with Gasteiger partial charge >= 0.3 is 0 Å². The summed E-state index contributed by atoms with van der Waals surface area (Å²) in [6, 6.07) is 10.3. The molecule has 0 spiro atoms. The molecule has 1 aromatic carbocycles. The van der Waals surface area contributed by atoms with Gasteiger partial charge < -0.3 is 10.6 Å². The predicted octanol–water partition coefficient (Wildman–Crippen LogP) is 3.36. The van der Waals surface area contributed by atoms with Crippen LogP contribution in [-0.4, -0.2) is 29.5 Å². The third-order valence-electron chi connectivity index (χ3n) is 4.69. The molecule has 0 amide bonds. The lowest BCUT2D eigenvalue weighted by Gasteiger charge is -2.43. The molecule has 1 aromatic heterocycles. The number of hydrogen-bond acceptors (Lipinski definition) is 3. The Kier molecular flexibility index (Phi) is 4.41. The highest BCUT2D eigenvalue weighted by atomic mass is 15.2. The number of rotatable bonds is 5. The van der Waals surface area contributed by atoms with E-state index in [4.69, 9.17) is 5.73 Å². The second-order valence-electron chi connectivity index (χ2n) is 5.61. The van der Waals surface area contributed by atoms with Gasteiger partial charge in [-0.15, -0.1) is 0 Å². The molecule has 2 aromatic rings. The topological polar surface area (TPSA) is 42.1 Å². The van der Waals surface area contributed by atoms with Crippen LogP contribution in [0.1, 0.15) is 38.3 Å². The van der Waals surface area contributed by atoms with Gasteiger partial charge in [0.25, 0.3) is 0 Å². The van der Waals surface area contributed by atoms with Crippen molar-refractivity contribution in [1.29, 1.82) is 0 Å². The number of benzene rings is 1. The van der Waals surface area contributed by atoms with E-state index in [1.165, 1.54) is 0 Å². The smallest absolute Gasteiger partial charge is 0.0750 e. The monoisotopic (exact) mass is 271 g/mol. The highest BCUT2D eigenvalue weighted by Crippen LogP contribution is 2.36. The Morgan fingerprint density at radius 1 is 1.15 bits per heavy atom. The van der Waals surface area contributed by atoms with Gasteiger partial charge in [0.15, 0.2) is 0 Å². The van der Waals surface area contributed by atoms with Gasteiger partial charge in [0.1, 0.15) is 0 Å². The molecule has 0 aliphatic carbocycles. The van der Waals surface area contributed by atoms with Crippen molar-refractivity contribution in [2.75, 3.05) is 14.1 Å². The summed E-state index contributed by atoms with van der Waals surface area (Å²) in [5.74, 6) is 0. The summed E-state index contributed by atoms with van der Waals surface area (Å²) in [4.78, 5) is 6.81. The first-order valence-electron chi connectivity index (χ1n) is 7.33. The molecule has 0 bridgehead atoms. The van der Waals surface area contributed by atoms with E-state index < -0.39 is 0 Å². The van der Waals surface area contributed by atoms with E-state index in [1.54, 1.807) is 0 Å². The minimum Gasteiger partial charge on any atom is -0.322 e. The number of hydrogen-bond donors (Lipinski definition) is 1. The molecule has 20 heavy (non-hydrogen) atoms. The molecule has 0 fully saturated rings. The third-order valence-corrected chi connectivity index (χ3v) is 4.69. The molecule has 1 heterocycles. The first-order valence-corrected chi connectivity index (χ1v) is 7.33. The van der Waals surface area contributed by atoms with Crippen molar-refractivity contribution in [3.05, 3.63) is 42.1 Å². The summed E-state index contributed by atoms with van der Waals surface area (Å²) < 4.78 is 0. The van der Waals surface area contributed by atoms with E-state index in [2.05, 4.69) is 62.1 Å². The fourth-order valence-electron chi connectivity index (χ4n) is 3.27. The molecule has 3 nitrogen and oxygen atoms in total. The van der Waals surface area contributed by atoms with Crippen molar-refractivity contribution in [3.63, 3.8) is 0 Å². The number of nitrogens with zero attached hydrogens (tertiary/aromatic N) is 2. The summed E-state index contributed by atoms with van der Waals surface area (Å²) in [5.41, 5.74) is 8.81. The van der Waals surface area contributed by atoms with Crippen LogP contribution in [-0.2, 0) is 0 Å². The van der Waals surface area contributed by atoms with Gasteiger partial charge in [-0.25, -0.2) is 0 Å². The molecule has 0 aliphatic heterocycles. The lowest BCUT2D eigenvalue weighted by molar-refractivity contribution is 0.106. The highest BCUT2D eigenvalue weighted by Gasteiger charge is 2.37. The second kappa shape index (κ2) is 5.90. The number of pyridine rings is 1. The molecule has 0 saturated heterocycles. The number of likely N-dealkylation sites (N-methyl/N-ethyl adjacent to an activating group) is 1. The van der Waals surface area contributed by atoms with Crippen LogP contribution in [0.2, 0.25) is 0 Å². The maximum absolute atomic E-state index is 6.68. The zero-order valence-electron chi connectivity index (χ0n) is 12.9. The molecule has 108 valence electrons. The largest absolute Gasteiger partial charge is 0.322 e. The number of fused-ring (bicyclic) bond motifs is 1. The minimum absolute atomic E-state index is 0.0359. The molecule has 1 atom stereocenters. The third kappa shape index (κ3) is 2.32. The van der Waals surface area contributed by atoms with Crippen LogP contribution >= 0.6 is 0 Å². The molecular formula is C17H25N3. The van der Waals surface area contributed by atoms with Crippen LogP contribution in [0, 0.1) is 0 Å². The molecular weight excluding hydrogens is 246 g/mol. The lowest BCUT2D eigenvalue weighted by Crippen LogP contribution is -2.51. The lowest BCUT2D eigenvalue weighted by atomic mass is 9.79. The zero-order valence-corrected chi connectivity index (χ0v) is 12.9. The average molecular weight is 271 g/mol. The number of aromatic nitrogens is 1. The zero-order chi connectivity index (χ0) is 14.8. The Hall–Kier alpha value is -1.45. The summed E-state index contributed by atoms with van der Waals surface area (Å²) in [7, 11) is 4.23. The first kappa shape index (κ1) is 14.9.